The van der Waals surface area contributed by atoms with Crippen molar-refractivity contribution in [2.24, 2.45) is 0 Å². The van der Waals surface area contributed by atoms with Crippen LogP contribution in [0.3, 0.4) is 0 Å². The Labute approximate surface area is 141 Å². The van der Waals surface area contributed by atoms with E-state index in [2.05, 4.69) is 24.3 Å². The maximum atomic E-state index is 11.9. The van der Waals surface area contributed by atoms with Gasteiger partial charge in [-0.25, -0.2) is 4.79 Å². The number of hydrogen-bond acceptors (Lipinski definition) is 4. The van der Waals surface area contributed by atoms with E-state index in [1.165, 1.54) is 28.3 Å². The van der Waals surface area contributed by atoms with Crippen LogP contribution in [0.4, 0.5) is 4.79 Å². The van der Waals surface area contributed by atoms with E-state index in [-0.39, 0.29) is 19.1 Å². The maximum absolute atomic E-state index is 11.9. The van der Waals surface area contributed by atoms with E-state index >= 15 is 0 Å². The molecule has 0 amide bonds. The monoisotopic (exact) mass is 324 g/mol. The van der Waals surface area contributed by atoms with Gasteiger partial charge in [-0.15, -0.1) is 0 Å². The van der Waals surface area contributed by atoms with Gasteiger partial charge >= 0.3 is 6.16 Å². The summed E-state index contributed by atoms with van der Waals surface area (Å²) in [6, 6.07) is 16.4. The Morgan fingerprint density at radius 2 is 1.71 bits per heavy atom. The van der Waals surface area contributed by atoms with Gasteiger partial charge < -0.3 is 14.6 Å². The third-order valence-electron chi connectivity index (χ3n) is 4.13. The van der Waals surface area contributed by atoms with E-state index in [1.54, 1.807) is 13.0 Å². The van der Waals surface area contributed by atoms with Gasteiger partial charge in [-0.05, 0) is 35.3 Å². The Morgan fingerprint density at radius 3 is 2.29 bits per heavy atom. The molecule has 0 saturated heterocycles. The predicted octanol–water partition coefficient (Wildman–Crippen LogP) is 3.89. The van der Waals surface area contributed by atoms with Crippen molar-refractivity contribution < 1.29 is 19.4 Å². The van der Waals surface area contributed by atoms with Crippen molar-refractivity contribution in [2.45, 2.75) is 18.9 Å². The molecule has 0 aromatic heterocycles. The Hall–Kier alpha value is -2.59. The number of carbonyl (C=O) groups is 1. The lowest BCUT2D eigenvalue weighted by Gasteiger charge is -2.15. The molecular weight excluding hydrogens is 304 g/mol. The number of ether oxygens (including phenoxy) is 2. The van der Waals surface area contributed by atoms with E-state index in [0.29, 0.717) is 0 Å². The summed E-state index contributed by atoms with van der Waals surface area (Å²) in [4.78, 5) is 11.9. The first-order valence-corrected chi connectivity index (χ1v) is 8.00. The minimum Gasteiger partial charge on any atom is -0.433 e. The second-order valence-corrected chi connectivity index (χ2v) is 5.72. The first kappa shape index (κ1) is 16.3. The molecule has 0 spiro atoms. The number of rotatable bonds is 5. The van der Waals surface area contributed by atoms with Gasteiger partial charge in [0.05, 0.1) is 6.61 Å². The molecule has 4 heteroatoms. The van der Waals surface area contributed by atoms with Crippen molar-refractivity contribution in [2.75, 3.05) is 13.2 Å². The quantitative estimate of drug-likeness (QED) is 0.670. The highest BCUT2D eigenvalue weighted by molar-refractivity contribution is 5.78. The molecule has 24 heavy (non-hydrogen) atoms. The first-order valence-electron chi connectivity index (χ1n) is 8.00. The van der Waals surface area contributed by atoms with Crippen molar-refractivity contribution in [1.29, 1.82) is 0 Å². The number of benzene rings is 2. The van der Waals surface area contributed by atoms with Crippen LogP contribution in [-0.4, -0.2) is 30.6 Å². The lowest BCUT2D eigenvalue weighted by molar-refractivity contribution is 0.0401. The molecule has 4 nitrogen and oxygen atoms in total. The molecule has 0 heterocycles. The summed E-state index contributed by atoms with van der Waals surface area (Å²) in [5.74, 6) is 0.0215. The second-order valence-electron chi connectivity index (χ2n) is 5.72. The molecule has 1 aliphatic carbocycles. The van der Waals surface area contributed by atoms with Gasteiger partial charge in [-0.3, -0.25) is 0 Å². The van der Waals surface area contributed by atoms with E-state index in [9.17, 15) is 4.79 Å². The lowest BCUT2D eigenvalue weighted by atomic mass is 9.98. The highest BCUT2D eigenvalue weighted by Crippen LogP contribution is 2.44. The van der Waals surface area contributed by atoms with Crippen molar-refractivity contribution in [3.05, 3.63) is 71.8 Å². The zero-order chi connectivity index (χ0) is 16.9. The highest BCUT2D eigenvalue weighted by Gasteiger charge is 2.29. The summed E-state index contributed by atoms with van der Waals surface area (Å²) in [6.07, 6.45) is 2.00. The zero-order valence-electron chi connectivity index (χ0n) is 13.5. The van der Waals surface area contributed by atoms with Crippen LogP contribution in [0, 0.1) is 0 Å². The molecule has 1 atom stereocenters. The first-order chi connectivity index (χ1) is 11.7. The maximum Gasteiger partial charge on any atom is 0.508 e. The average Bonchev–Trinajstić information content (AvgIpc) is 2.92. The third-order valence-corrected chi connectivity index (χ3v) is 4.13. The van der Waals surface area contributed by atoms with Crippen molar-refractivity contribution in [1.82, 2.24) is 0 Å². The van der Waals surface area contributed by atoms with Gasteiger partial charge in [0.15, 0.2) is 0 Å². The van der Waals surface area contributed by atoms with Crippen LogP contribution >= 0.6 is 0 Å². The van der Waals surface area contributed by atoms with Gasteiger partial charge in [0.1, 0.15) is 12.7 Å². The van der Waals surface area contributed by atoms with Crippen molar-refractivity contribution in [3.63, 3.8) is 0 Å². The second kappa shape index (κ2) is 7.32. The molecule has 124 valence electrons. The normalized spacial score (nSPS) is 14.2. The molecular formula is C20H20O4. The van der Waals surface area contributed by atoms with Crippen molar-refractivity contribution in [3.8, 4) is 11.1 Å². The van der Waals surface area contributed by atoms with E-state index in [0.717, 1.165) is 0 Å². The fraction of sp³-hybridized carbons (Fsp3) is 0.250. The molecule has 1 N–H and O–H groups in total. The number of hydrogen-bond donors (Lipinski definition) is 1. The zero-order valence-corrected chi connectivity index (χ0v) is 13.5. The molecule has 0 aliphatic heterocycles. The molecule has 0 fully saturated rings. The molecule has 1 aliphatic rings. The minimum absolute atomic E-state index is 0.0215. The minimum atomic E-state index is -0.702. The highest BCUT2D eigenvalue weighted by atomic mass is 16.7. The average molecular weight is 324 g/mol. The van der Waals surface area contributed by atoms with Crippen molar-refractivity contribution >= 4 is 6.16 Å². The summed E-state index contributed by atoms with van der Waals surface area (Å²) in [5.41, 5.74) is 4.71. The van der Waals surface area contributed by atoms with Crippen LogP contribution in [0.25, 0.3) is 11.1 Å². The Balaban J connectivity index is 1.69. The fourth-order valence-electron chi connectivity index (χ4n) is 3.07. The van der Waals surface area contributed by atoms with Crippen LogP contribution < -0.4 is 0 Å². The summed E-state index contributed by atoms with van der Waals surface area (Å²) in [5, 5.41) is 8.72. The molecule has 0 unspecified atom stereocenters. The van der Waals surface area contributed by atoms with Crippen LogP contribution in [0.1, 0.15) is 24.0 Å². The number of aliphatic hydroxyl groups excluding tert-OH is 1. The number of aliphatic hydroxyl groups is 1. The fourth-order valence-corrected chi connectivity index (χ4v) is 3.07. The topological polar surface area (TPSA) is 55.8 Å². The Kier molecular flexibility index (Phi) is 4.96. The molecule has 2 aromatic rings. The van der Waals surface area contributed by atoms with Crippen LogP contribution in [0.5, 0.6) is 0 Å². The Bertz CT molecular complexity index is 705. The summed E-state index contributed by atoms with van der Waals surface area (Å²) in [6.45, 7) is 1.87. The van der Waals surface area contributed by atoms with Crippen LogP contribution in [-0.2, 0) is 9.47 Å². The van der Waals surface area contributed by atoms with Crippen LogP contribution in [0.15, 0.2) is 60.7 Å². The molecule has 2 aromatic carbocycles. The third kappa shape index (κ3) is 3.34. The predicted molar refractivity (Wildman–Crippen MR) is 91.8 cm³/mol. The molecule has 3 rings (SSSR count). The van der Waals surface area contributed by atoms with Gasteiger partial charge in [0, 0.05) is 5.92 Å². The summed E-state index contributed by atoms with van der Waals surface area (Å²) < 4.78 is 10.5. The number of fused-ring (bicyclic) bond motifs is 3. The standard InChI is InChI=1S/C20H20O4/c1-14(7-6-12-21)24-20(22)23-13-19-17-10-4-2-8-15(17)16-9-3-5-11-18(16)19/h2-11,14,19,21H,12-13H2,1H3/b7-6-/t14-/m0/s1. The summed E-state index contributed by atoms with van der Waals surface area (Å²) >= 11 is 0. The molecule has 0 radical (unpaired) electrons. The van der Waals surface area contributed by atoms with Gasteiger partial charge in [0.25, 0.3) is 0 Å². The van der Waals surface area contributed by atoms with E-state index < -0.39 is 12.3 Å². The largest absolute Gasteiger partial charge is 0.508 e. The molecule has 0 saturated carbocycles. The van der Waals surface area contributed by atoms with E-state index in [1.807, 2.05) is 24.3 Å². The van der Waals surface area contributed by atoms with Gasteiger partial charge in [-0.1, -0.05) is 54.6 Å². The Morgan fingerprint density at radius 1 is 1.12 bits per heavy atom. The van der Waals surface area contributed by atoms with Gasteiger partial charge in [0.2, 0.25) is 0 Å². The smallest absolute Gasteiger partial charge is 0.433 e. The van der Waals surface area contributed by atoms with Crippen LogP contribution in [0.2, 0.25) is 0 Å². The SMILES string of the molecule is C[C@@H](/C=C\CO)OC(=O)OCC1c2ccccc2-c2ccccc21. The lowest BCUT2D eigenvalue weighted by Crippen LogP contribution is -2.17. The number of carbonyl (C=O) groups excluding carboxylic acids is 1. The van der Waals surface area contributed by atoms with Gasteiger partial charge in [-0.2, -0.15) is 0 Å². The van der Waals surface area contributed by atoms with E-state index in [4.69, 9.17) is 14.6 Å². The molecule has 0 bridgehead atoms. The summed E-state index contributed by atoms with van der Waals surface area (Å²) in [7, 11) is 0.